The normalized spacial score (nSPS) is 10.7. The number of halogens is 1. The van der Waals surface area contributed by atoms with Crippen LogP contribution >= 0.6 is 15.9 Å². The summed E-state index contributed by atoms with van der Waals surface area (Å²) >= 11 is 3.22. The Hall–Kier alpha value is -1.23. The van der Waals surface area contributed by atoms with Gasteiger partial charge in [0.05, 0.1) is 7.11 Å². The first-order chi connectivity index (χ1) is 8.92. The lowest BCUT2D eigenvalue weighted by Crippen LogP contribution is -2.25. The molecule has 0 bridgehead atoms. The Morgan fingerprint density at radius 2 is 2.16 bits per heavy atom. The fraction of sp³-hybridized carbons (Fsp3) is 0.333. The van der Waals surface area contributed by atoms with Gasteiger partial charge >= 0.3 is 0 Å². The molecule has 0 unspecified atom stereocenters. The van der Waals surface area contributed by atoms with E-state index in [4.69, 9.17) is 10.5 Å². The van der Waals surface area contributed by atoms with Gasteiger partial charge in [-0.2, -0.15) is 0 Å². The smallest absolute Gasteiger partial charge is 0.244 e. The number of nitrogen functional groups attached to an aromatic ring is 1. The van der Waals surface area contributed by atoms with Crippen LogP contribution in [0.1, 0.15) is 13.3 Å². The highest BCUT2D eigenvalue weighted by molar-refractivity contribution is 9.10. The predicted octanol–water partition coefficient (Wildman–Crippen LogP) is 1.73. The number of ether oxygens (including phenoxy) is 1. The number of hydrogen-bond donors (Lipinski definition) is 2. The average Bonchev–Trinajstić information content (AvgIpc) is 2.37. The minimum Gasteiger partial charge on any atom is -0.495 e. The minimum absolute atomic E-state index is 0.0140. The monoisotopic (exact) mass is 346 g/mol. The van der Waals surface area contributed by atoms with Crippen molar-refractivity contribution in [1.82, 2.24) is 4.72 Å². The number of sulfonamides is 1. The fourth-order valence-electron chi connectivity index (χ4n) is 1.37. The molecule has 0 fully saturated rings. The number of methoxy groups -OCH3 is 1. The molecule has 0 aliphatic heterocycles. The number of rotatable bonds is 5. The van der Waals surface area contributed by atoms with Gasteiger partial charge in [0.2, 0.25) is 10.0 Å². The van der Waals surface area contributed by atoms with Crippen LogP contribution in [0, 0.1) is 11.8 Å². The molecule has 0 spiro atoms. The van der Waals surface area contributed by atoms with Gasteiger partial charge in [0.1, 0.15) is 10.6 Å². The highest BCUT2D eigenvalue weighted by Crippen LogP contribution is 2.32. The summed E-state index contributed by atoms with van der Waals surface area (Å²) in [5.41, 5.74) is 6.03. The molecule has 19 heavy (non-hydrogen) atoms. The van der Waals surface area contributed by atoms with E-state index in [-0.39, 0.29) is 17.2 Å². The van der Waals surface area contributed by atoms with E-state index in [1.807, 2.05) is 0 Å². The van der Waals surface area contributed by atoms with Gasteiger partial charge in [0.15, 0.2) is 0 Å². The second-order valence-corrected chi connectivity index (χ2v) is 6.19. The summed E-state index contributed by atoms with van der Waals surface area (Å²) < 4.78 is 32.4. The lowest BCUT2D eigenvalue weighted by molar-refractivity contribution is 0.402. The first-order valence-corrected chi connectivity index (χ1v) is 7.72. The lowest BCUT2D eigenvalue weighted by atomic mass is 10.3. The van der Waals surface area contributed by atoms with Gasteiger partial charge in [0, 0.05) is 23.1 Å². The molecule has 104 valence electrons. The molecule has 0 aliphatic rings. The first kappa shape index (κ1) is 15.8. The summed E-state index contributed by atoms with van der Waals surface area (Å²) in [6.07, 6.45) is 0.448. The van der Waals surface area contributed by atoms with Crippen molar-refractivity contribution < 1.29 is 13.2 Å². The van der Waals surface area contributed by atoms with Crippen molar-refractivity contribution in [3.05, 3.63) is 16.6 Å². The lowest BCUT2D eigenvalue weighted by Gasteiger charge is -2.12. The standard InChI is InChI=1S/C12H15BrN2O3S/c1-3-4-5-6-15-19(16,17)12-8-10(14)9(13)7-11(12)18-2/h7-8,15H,5-6,14H2,1-2H3. The molecule has 1 aromatic rings. The second-order valence-electron chi connectivity index (χ2n) is 3.60. The van der Waals surface area contributed by atoms with Crippen LogP contribution in [-0.2, 0) is 10.0 Å². The van der Waals surface area contributed by atoms with Gasteiger partial charge in [-0.3, -0.25) is 0 Å². The van der Waals surface area contributed by atoms with E-state index in [1.165, 1.54) is 19.2 Å². The molecule has 0 atom stereocenters. The molecule has 1 rings (SSSR count). The summed E-state index contributed by atoms with van der Waals surface area (Å²) in [6, 6.07) is 2.88. The third-order valence-electron chi connectivity index (χ3n) is 2.29. The Morgan fingerprint density at radius 1 is 1.47 bits per heavy atom. The number of hydrogen-bond acceptors (Lipinski definition) is 4. The molecule has 5 nitrogen and oxygen atoms in total. The van der Waals surface area contributed by atoms with Gasteiger partial charge in [-0.1, -0.05) is 0 Å². The Balaban J connectivity index is 3.05. The molecule has 3 N–H and O–H groups in total. The third kappa shape index (κ3) is 4.13. The molecule has 0 heterocycles. The molecular formula is C12H15BrN2O3S. The Kier molecular flexibility index (Phi) is 5.66. The van der Waals surface area contributed by atoms with Gasteiger partial charge in [-0.15, -0.1) is 11.8 Å². The van der Waals surface area contributed by atoms with E-state index in [0.29, 0.717) is 16.6 Å². The topological polar surface area (TPSA) is 81.4 Å². The van der Waals surface area contributed by atoms with Crippen LogP contribution in [0.5, 0.6) is 5.75 Å². The fourth-order valence-corrected chi connectivity index (χ4v) is 2.91. The van der Waals surface area contributed by atoms with Crippen LogP contribution in [0.15, 0.2) is 21.5 Å². The van der Waals surface area contributed by atoms with Crippen molar-refractivity contribution in [1.29, 1.82) is 0 Å². The Morgan fingerprint density at radius 3 is 2.74 bits per heavy atom. The van der Waals surface area contributed by atoms with Crippen LogP contribution in [-0.4, -0.2) is 22.1 Å². The SMILES string of the molecule is CC#CCCNS(=O)(=O)c1cc(N)c(Br)cc1OC. The second kappa shape index (κ2) is 6.80. The third-order valence-corrected chi connectivity index (χ3v) is 4.46. The van der Waals surface area contributed by atoms with Crippen LogP contribution in [0.4, 0.5) is 5.69 Å². The van der Waals surface area contributed by atoms with E-state index in [2.05, 4.69) is 32.5 Å². The van der Waals surface area contributed by atoms with E-state index in [9.17, 15) is 8.42 Å². The van der Waals surface area contributed by atoms with Gasteiger partial charge < -0.3 is 10.5 Å². The summed E-state index contributed by atoms with van der Waals surface area (Å²) in [7, 11) is -2.26. The summed E-state index contributed by atoms with van der Waals surface area (Å²) in [6.45, 7) is 1.94. The van der Waals surface area contributed by atoms with E-state index < -0.39 is 10.0 Å². The highest BCUT2D eigenvalue weighted by atomic mass is 79.9. The van der Waals surface area contributed by atoms with Crippen molar-refractivity contribution in [2.45, 2.75) is 18.2 Å². The molecule has 0 aromatic heterocycles. The Labute approximate surface area is 121 Å². The molecule has 0 amide bonds. The van der Waals surface area contributed by atoms with Crippen LogP contribution in [0.3, 0.4) is 0 Å². The summed E-state index contributed by atoms with van der Waals surface area (Å²) in [4.78, 5) is 0.0140. The molecule has 0 saturated carbocycles. The maximum absolute atomic E-state index is 12.1. The quantitative estimate of drug-likeness (QED) is 0.483. The van der Waals surface area contributed by atoms with Crippen molar-refractivity contribution in [2.75, 3.05) is 19.4 Å². The summed E-state index contributed by atoms with van der Waals surface area (Å²) in [5.74, 6) is 5.71. The number of nitrogens with one attached hydrogen (secondary N) is 1. The summed E-state index contributed by atoms with van der Waals surface area (Å²) in [5, 5.41) is 0. The highest BCUT2D eigenvalue weighted by Gasteiger charge is 2.20. The number of nitrogens with two attached hydrogens (primary N) is 1. The van der Waals surface area contributed by atoms with E-state index in [1.54, 1.807) is 6.92 Å². The first-order valence-electron chi connectivity index (χ1n) is 5.44. The van der Waals surface area contributed by atoms with E-state index in [0.717, 1.165) is 0 Å². The van der Waals surface area contributed by atoms with Gasteiger partial charge in [-0.05, 0) is 35.0 Å². The molecule has 0 aliphatic carbocycles. The number of anilines is 1. The van der Waals surface area contributed by atoms with Gasteiger partial charge in [0.25, 0.3) is 0 Å². The Bertz CT molecular complexity index is 618. The van der Waals surface area contributed by atoms with Crippen molar-refractivity contribution in [3.8, 4) is 17.6 Å². The van der Waals surface area contributed by atoms with Crippen LogP contribution in [0.2, 0.25) is 0 Å². The molecule has 1 aromatic carbocycles. The maximum atomic E-state index is 12.1. The van der Waals surface area contributed by atoms with Crippen molar-refractivity contribution in [3.63, 3.8) is 0 Å². The van der Waals surface area contributed by atoms with Crippen LogP contribution < -0.4 is 15.2 Å². The van der Waals surface area contributed by atoms with E-state index >= 15 is 0 Å². The average molecular weight is 347 g/mol. The molecule has 0 radical (unpaired) electrons. The number of benzene rings is 1. The van der Waals surface area contributed by atoms with Crippen molar-refractivity contribution >= 4 is 31.6 Å². The molecule has 0 saturated heterocycles. The van der Waals surface area contributed by atoms with Gasteiger partial charge in [-0.25, -0.2) is 13.1 Å². The maximum Gasteiger partial charge on any atom is 0.244 e. The van der Waals surface area contributed by atoms with Crippen molar-refractivity contribution in [2.24, 2.45) is 0 Å². The predicted molar refractivity (Wildman–Crippen MR) is 78.4 cm³/mol. The molecular weight excluding hydrogens is 332 g/mol. The largest absolute Gasteiger partial charge is 0.495 e. The zero-order valence-electron chi connectivity index (χ0n) is 10.7. The minimum atomic E-state index is -3.67. The zero-order chi connectivity index (χ0) is 14.5. The van der Waals surface area contributed by atoms with Crippen LogP contribution in [0.25, 0.3) is 0 Å². The zero-order valence-corrected chi connectivity index (χ0v) is 13.1. The molecule has 7 heteroatoms.